The fourth-order valence-electron chi connectivity index (χ4n) is 7.46. The Labute approximate surface area is 210 Å². The first kappa shape index (κ1) is 29.2. The van der Waals surface area contributed by atoms with Gasteiger partial charge in [0, 0.05) is 0 Å². The van der Waals surface area contributed by atoms with Crippen LogP contribution in [-0.4, -0.2) is 13.4 Å². The quantitative estimate of drug-likeness (QED) is 0.370. The van der Waals surface area contributed by atoms with Crippen molar-refractivity contribution >= 4 is 13.4 Å². The maximum absolute atomic E-state index is 4.55. The van der Waals surface area contributed by atoms with Gasteiger partial charge in [-0.15, -0.1) is 0 Å². The second-order valence-electron chi connectivity index (χ2n) is 12.9. The van der Waals surface area contributed by atoms with E-state index in [1.54, 1.807) is 0 Å². The standard InChI is InChI=1S/C32H61B/c1-29(2)30-23-17-11-15-19-25-31(3,26-20-16-12-18-24-30)32(33-4)27-21-13-9-7-5-6-8-10-14-22-28-32/h29-30H,4-28H2,1-3H3. The number of rotatable bonds is 3. The molecule has 0 bridgehead atoms. The van der Waals surface area contributed by atoms with E-state index in [9.17, 15) is 0 Å². The van der Waals surface area contributed by atoms with E-state index in [0.717, 1.165) is 11.8 Å². The van der Waals surface area contributed by atoms with Crippen molar-refractivity contribution in [1.29, 1.82) is 0 Å². The Balaban J connectivity index is 2.08. The van der Waals surface area contributed by atoms with Crippen molar-refractivity contribution in [3.63, 3.8) is 0 Å². The first-order valence-electron chi connectivity index (χ1n) is 15.7. The molecule has 1 heteroatoms. The molecule has 33 heavy (non-hydrogen) atoms. The third kappa shape index (κ3) is 10.2. The molecule has 2 fully saturated rings. The van der Waals surface area contributed by atoms with Crippen LogP contribution in [0.25, 0.3) is 0 Å². The molecular formula is C32H61B. The van der Waals surface area contributed by atoms with Gasteiger partial charge in [-0.25, -0.2) is 0 Å². The SMILES string of the molecule is C=BC1(C2(C)CCCCCCC(C(C)C)CCCCCC2)CCCCCCCCCCCC1. The Hall–Kier alpha value is -0.0651. The minimum absolute atomic E-state index is 0.376. The van der Waals surface area contributed by atoms with E-state index in [-0.39, 0.29) is 0 Å². The van der Waals surface area contributed by atoms with Crippen LogP contribution in [0.3, 0.4) is 0 Å². The average Bonchev–Trinajstić information content (AvgIpc) is 2.82. The zero-order valence-electron chi connectivity index (χ0n) is 23.4. The van der Waals surface area contributed by atoms with Gasteiger partial charge in [0.25, 0.3) is 0 Å². The zero-order chi connectivity index (χ0) is 23.8. The van der Waals surface area contributed by atoms with Gasteiger partial charge >= 0.3 is 211 Å². The topological polar surface area (TPSA) is 0 Å². The van der Waals surface area contributed by atoms with E-state index in [0.29, 0.717) is 10.7 Å². The molecule has 0 amide bonds. The van der Waals surface area contributed by atoms with Gasteiger partial charge in [0.15, 0.2) is 0 Å². The summed E-state index contributed by atoms with van der Waals surface area (Å²) in [7, 11) is 0. The summed E-state index contributed by atoms with van der Waals surface area (Å²) >= 11 is 0. The molecule has 0 heterocycles. The molecule has 192 valence electrons. The first-order chi connectivity index (χ1) is 16.0. The molecule has 0 spiro atoms. The van der Waals surface area contributed by atoms with E-state index in [1.807, 2.05) is 0 Å². The van der Waals surface area contributed by atoms with Gasteiger partial charge in [-0.3, -0.25) is 0 Å². The molecule has 0 unspecified atom stereocenters. The molecule has 0 nitrogen and oxygen atoms in total. The van der Waals surface area contributed by atoms with Crippen molar-refractivity contribution in [2.24, 2.45) is 17.3 Å². The van der Waals surface area contributed by atoms with Crippen molar-refractivity contribution in [2.45, 2.75) is 180 Å². The van der Waals surface area contributed by atoms with E-state index < -0.39 is 0 Å². The van der Waals surface area contributed by atoms with Crippen LogP contribution in [0.15, 0.2) is 0 Å². The summed E-state index contributed by atoms with van der Waals surface area (Å²) in [5, 5.41) is 0.376. The monoisotopic (exact) mass is 456 g/mol. The summed E-state index contributed by atoms with van der Waals surface area (Å²) < 4.78 is 0. The molecule has 0 aromatic carbocycles. The fourth-order valence-corrected chi connectivity index (χ4v) is 7.46. The van der Waals surface area contributed by atoms with E-state index >= 15 is 0 Å². The molecular weight excluding hydrogens is 395 g/mol. The molecule has 2 saturated carbocycles. The van der Waals surface area contributed by atoms with Gasteiger partial charge in [-0.2, -0.15) is 0 Å². The normalized spacial score (nSPS) is 30.7. The number of hydrogen-bond donors (Lipinski definition) is 0. The van der Waals surface area contributed by atoms with Crippen LogP contribution in [0, 0.1) is 17.3 Å². The van der Waals surface area contributed by atoms with Gasteiger partial charge in [-0.05, 0) is 0 Å². The maximum atomic E-state index is 4.55. The minimum atomic E-state index is 0.376. The van der Waals surface area contributed by atoms with Crippen molar-refractivity contribution in [3.05, 3.63) is 0 Å². The Morgan fingerprint density at radius 2 is 0.879 bits per heavy atom. The van der Waals surface area contributed by atoms with Crippen LogP contribution < -0.4 is 0 Å². The predicted molar refractivity (Wildman–Crippen MR) is 153 cm³/mol. The van der Waals surface area contributed by atoms with E-state index in [1.165, 1.54) is 154 Å². The second-order valence-corrected chi connectivity index (χ2v) is 12.9. The van der Waals surface area contributed by atoms with Crippen molar-refractivity contribution in [3.8, 4) is 0 Å². The first-order valence-corrected chi connectivity index (χ1v) is 15.7. The van der Waals surface area contributed by atoms with Crippen molar-refractivity contribution < 1.29 is 0 Å². The van der Waals surface area contributed by atoms with E-state index in [2.05, 4.69) is 34.2 Å². The molecule has 0 saturated heterocycles. The van der Waals surface area contributed by atoms with Gasteiger partial charge in [-0.1, -0.05) is 0 Å². The summed E-state index contributed by atoms with van der Waals surface area (Å²) in [6.45, 7) is 14.7. The van der Waals surface area contributed by atoms with Crippen LogP contribution in [0.4, 0.5) is 0 Å². The van der Waals surface area contributed by atoms with Crippen LogP contribution in [-0.2, 0) is 0 Å². The third-order valence-corrected chi connectivity index (χ3v) is 10.1. The Morgan fingerprint density at radius 1 is 0.545 bits per heavy atom. The molecule has 2 rings (SSSR count). The summed E-state index contributed by atoms with van der Waals surface area (Å²) in [4.78, 5) is 0. The van der Waals surface area contributed by atoms with Crippen molar-refractivity contribution in [1.82, 2.24) is 0 Å². The fraction of sp³-hybridized carbons (Fsp3) is 0.969. The molecule has 0 aliphatic heterocycles. The van der Waals surface area contributed by atoms with Gasteiger partial charge in [0.2, 0.25) is 0 Å². The summed E-state index contributed by atoms with van der Waals surface area (Å²) in [6, 6.07) is 0. The van der Waals surface area contributed by atoms with Gasteiger partial charge in [0.1, 0.15) is 0 Å². The molecule has 0 radical (unpaired) electrons. The molecule has 0 atom stereocenters. The predicted octanol–water partition coefficient (Wildman–Crippen LogP) is 10.9. The molecule has 2 aliphatic carbocycles. The van der Waals surface area contributed by atoms with Gasteiger partial charge in [0.05, 0.1) is 0 Å². The Kier molecular flexibility index (Phi) is 14.7. The molecule has 0 N–H and O–H groups in total. The van der Waals surface area contributed by atoms with Crippen molar-refractivity contribution in [2.75, 3.05) is 0 Å². The summed E-state index contributed by atoms with van der Waals surface area (Å²) in [5.41, 5.74) is 0.458. The molecule has 0 aromatic heterocycles. The Bertz CT molecular complexity index is 463. The van der Waals surface area contributed by atoms with Crippen LogP contribution >= 0.6 is 0 Å². The Morgan fingerprint density at radius 3 is 1.24 bits per heavy atom. The summed E-state index contributed by atoms with van der Waals surface area (Å²) in [5.74, 6) is 1.85. The molecule has 0 aromatic rings. The van der Waals surface area contributed by atoms with Crippen LogP contribution in [0.2, 0.25) is 5.31 Å². The van der Waals surface area contributed by atoms with E-state index in [4.69, 9.17) is 0 Å². The van der Waals surface area contributed by atoms with Crippen LogP contribution in [0.5, 0.6) is 0 Å². The number of hydrogen-bond acceptors (Lipinski definition) is 0. The van der Waals surface area contributed by atoms with Gasteiger partial charge < -0.3 is 0 Å². The summed E-state index contributed by atoms with van der Waals surface area (Å²) in [6.07, 6.45) is 34.8. The average molecular weight is 457 g/mol. The van der Waals surface area contributed by atoms with Crippen LogP contribution in [0.1, 0.15) is 175 Å². The second kappa shape index (κ2) is 16.6. The zero-order valence-corrected chi connectivity index (χ0v) is 23.4. The third-order valence-electron chi connectivity index (χ3n) is 10.1. The molecule has 2 aliphatic rings.